The Labute approximate surface area is 339 Å². The average molecular weight is 744 g/mol. The molecule has 0 amide bonds. The van der Waals surface area contributed by atoms with Crippen LogP contribution in [0.4, 0.5) is 0 Å². The molecule has 0 spiro atoms. The van der Waals surface area contributed by atoms with E-state index in [1.807, 2.05) is 0 Å². The van der Waals surface area contributed by atoms with Crippen molar-refractivity contribution in [2.45, 2.75) is 25.4 Å². The maximum Gasteiger partial charge on any atom is 0.159 e. The summed E-state index contributed by atoms with van der Waals surface area (Å²) in [5.41, 5.74) is 13.5. The summed E-state index contributed by atoms with van der Waals surface area (Å²) < 4.78 is 0. The summed E-state index contributed by atoms with van der Waals surface area (Å²) in [6.45, 7) is 4.68. The Balaban J connectivity index is 0.940. The van der Waals surface area contributed by atoms with Crippen molar-refractivity contribution in [1.29, 1.82) is 0 Å². The molecule has 0 saturated carbocycles. The zero-order valence-corrected chi connectivity index (χ0v) is 32.8. The van der Waals surface area contributed by atoms with Crippen molar-refractivity contribution in [3.63, 3.8) is 0 Å². The van der Waals surface area contributed by atoms with Gasteiger partial charge in [-0.15, -0.1) is 0 Å². The van der Waals surface area contributed by atoms with E-state index in [1.165, 1.54) is 76.8 Å². The maximum atomic E-state index is 5.37. The van der Waals surface area contributed by atoms with Crippen LogP contribution < -0.4 is 0 Å². The second-order valence-electron chi connectivity index (χ2n) is 16.3. The third-order valence-corrected chi connectivity index (χ3v) is 12.5. The molecule has 0 saturated heterocycles. The average Bonchev–Trinajstić information content (AvgIpc) is 3.51. The SMILES string of the molecule is CN1C(c2cccc3c2ccc2ccccc23)=NC(c2ccc3ccccc3c2)=NC1c1ccc(-c2ccc(-c3ccc4c(c3)C(C)(C)c3ccccc3-4)cc2)cc1. The summed E-state index contributed by atoms with van der Waals surface area (Å²) in [5, 5.41) is 7.25. The monoisotopic (exact) mass is 743 g/mol. The molecule has 0 radical (unpaired) electrons. The molecular formula is C55H41N3. The molecule has 0 aromatic heterocycles. The minimum absolute atomic E-state index is 0.0211. The zero-order chi connectivity index (χ0) is 39.0. The molecule has 9 aromatic rings. The second-order valence-corrected chi connectivity index (χ2v) is 16.3. The fourth-order valence-electron chi connectivity index (χ4n) is 9.36. The number of fused-ring (bicyclic) bond motifs is 7. The standard InChI is InChI=1S/C55H41N3/c1-55(2)50-18-9-8-15-47(50)48-32-30-42(34-51(48)55)38-21-19-36(20-22-38)37-23-26-40(27-24-37)53-56-52(43-28-25-35-11-4-5-13-41(35)33-43)57-54(58(53)3)49-17-10-16-45-44-14-7-6-12-39(44)29-31-46(45)49/h4-34,53H,1-3H3. The van der Waals surface area contributed by atoms with E-state index in [2.05, 4.69) is 214 Å². The summed E-state index contributed by atoms with van der Waals surface area (Å²) in [5.74, 6) is 1.64. The van der Waals surface area contributed by atoms with Crippen LogP contribution in [0.5, 0.6) is 0 Å². The van der Waals surface area contributed by atoms with Crippen LogP contribution in [0.15, 0.2) is 198 Å². The van der Waals surface area contributed by atoms with Gasteiger partial charge in [0.05, 0.1) is 0 Å². The zero-order valence-electron chi connectivity index (χ0n) is 32.8. The van der Waals surface area contributed by atoms with Gasteiger partial charge in [0, 0.05) is 23.6 Å². The van der Waals surface area contributed by atoms with Gasteiger partial charge in [-0.1, -0.05) is 190 Å². The van der Waals surface area contributed by atoms with Crippen LogP contribution >= 0.6 is 0 Å². The van der Waals surface area contributed by atoms with Gasteiger partial charge in [-0.05, 0) is 94.5 Å². The third-order valence-electron chi connectivity index (χ3n) is 12.5. The largest absolute Gasteiger partial charge is 0.333 e. The fourth-order valence-corrected chi connectivity index (χ4v) is 9.36. The number of hydrogen-bond acceptors (Lipinski definition) is 3. The Bertz CT molecular complexity index is 3150. The van der Waals surface area contributed by atoms with Crippen LogP contribution in [0.3, 0.4) is 0 Å². The van der Waals surface area contributed by atoms with Gasteiger partial charge in [0.25, 0.3) is 0 Å². The highest BCUT2D eigenvalue weighted by molar-refractivity contribution is 6.20. The quantitative estimate of drug-likeness (QED) is 0.161. The highest BCUT2D eigenvalue weighted by Gasteiger charge is 2.35. The highest BCUT2D eigenvalue weighted by Crippen LogP contribution is 2.49. The second kappa shape index (κ2) is 13.2. The minimum atomic E-state index is -0.267. The van der Waals surface area contributed by atoms with E-state index in [1.54, 1.807) is 0 Å². The molecule has 0 N–H and O–H groups in total. The predicted molar refractivity (Wildman–Crippen MR) is 244 cm³/mol. The van der Waals surface area contributed by atoms with Gasteiger partial charge in [0.15, 0.2) is 5.84 Å². The first kappa shape index (κ1) is 34.2. The van der Waals surface area contributed by atoms with Crippen molar-refractivity contribution in [3.8, 4) is 33.4 Å². The topological polar surface area (TPSA) is 28.0 Å². The summed E-state index contributed by atoms with van der Waals surface area (Å²) >= 11 is 0. The van der Waals surface area contributed by atoms with Gasteiger partial charge < -0.3 is 4.90 Å². The van der Waals surface area contributed by atoms with Crippen molar-refractivity contribution in [1.82, 2.24) is 4.90 Å². The molecule has 3 nitrogen and oxygen atoms in total. The van der Waals surface area contributed by atoms with Crippen LogP contribution in [0, 0.1) is 0 Å². The number of benzene rings is 9. The molecule has 3 heteroatoms. The Morgan fingerprint density at radius 1 is 0.431 bits per heavy atom. The maximum absolute atomic E-state index is 5.37. The first-order valence-electron chi connectivity index (χ1n) is 20.2. The van der Waals surface area contributed by atoms with E-state index in [9.17, 15) is 0 Å². The summed E-state index contributed by atoms with van der Waals surface area (Å²) in [7, 11) is 2.12. The molecule has 1 aliphatic carbocycles. The van der Waals surface area contributed by atoms with Crippen LogP contribution in [0.25, 0.3) is 65.7 Å². The molecule has 0 fully saturated rings. The summed E-state index contributed by atoms with van der Waals surface area (Å²) in [6, 6.07) is 68.4. The normalized spacial score (nSPS) is 15.6. The van der Waals surface area contributed by atoms with Crippen LogP contribution in [0.2, 0.25) is 0 Å². The molecule has 276 valence electrons. The van der Waals surface area contributed by atoms with Gasteiger partial charge in [-0.25, -0.2) is 9.98 Å². The van der Waals surface area contributed by atoms with Gasteiger partial charge >= 0.3 is 0 Å². The number of hydrogen-bond donors (Lipinski definition) is 0. The fraction of sp³-hybridized carbons (Fsp3) is 0.0909. The van der Waals surface area contributed by atoms with Crippen molar-refractivity contribution in [2.24, 2.45) is 9.98 Å². The lowest BCUT2D eigenvalue weighted by Crippen LogP contribution is -2.35. The number of rotatable bonds is 5. The summed E-state index contributed by atoms with van der Waals surface area (Å²) in [6.07, 6.45) is -0.267. The lowest BCUT2D eigenvalue weighted by molar-refractivity contribution is 0.383. The van der Waals surface area contributed by atoms with E-state index >= 15 is 0 Å². The van der Waals surface area contributed by atoms with Crippen molar-refractivity contribution >= 4 is 44.0 Å². The Hall–Kier alpha value is -7.10. The Morgan fingerprint density at radius 3 is 1.83 bits per heavy atom. The first-order chi connectivity index (χ1) is 28.4. The minimum Gasteiger partial charge on any atom is -0.333 e. The van der Waals surface area contributed by atoms with Crippen LogP contribution in [0.1, 0.15) is 47.8 Å². The molecule has 0 bridgehead atoms. The van der Waals surface area contributed by atoms with Gasteiger partial charge in [-0.2, -0.15) is 0 Å². The first-order valence-corrected chi connectivity index (χ1v) is 20.2. The summed E-state index contributed by atoms with van der Waals surface area (Å²) in [4.78, 5) is 12.9. The van der Waals surface area contributed by atoms with Gasteiger partial charge in [-0.3, -0.25) is 0 Å². The number of aliphatic imine (C=N–C) groups is 2. The van der Waals surface area contributed by atoms with Gasteiger partial charge in [0.1, 0.15) is 12.0 Å². The Morgan fingerprint density at radius 2 is 1.02 bits per heavy atom. The number of nitrogens with zero attached hydrogens (tertiary/aromatic N) is 3. The highest BCUT2D eigenvalue weighted by atomic mass is 15.3. The predicted octanol–water partition coefficient (Wildman–Crippen LogP) is 13.6. The van der Waals surface area contributed by atoms with E-state index in [-0.39, 0.29) is 11.6 Å². The number of amidine groups is 2. The molecule has 1 atom stereocenters. The molecule has 1 heterocycles. The van der Waals surface area contributed by atoms with Gasteiger partial charge in [0.2, 0.25) is 0 Å². The lowest BCUT2D eigenvalue weighted by atomic mass is 9.81. The van der Waals surface area contributed by atoms with Crippen molar-refractivity contribution in [3.05, 3.63) is 216 Å². The molecule has 9 aromatic carbocycles. The van der Waals surface area contributed by atoms with Crippen molar-refractivity contribution < 1.29 is 0 Å². The molecule has 58 heavy (non-hydrogen) atoms. The Kier molecular flexibility index (Phi) is 7.81. The molecule has 11 rings (SSSR count). The molecule has 1 unspecified atom stereocenters. The van der Waals surface area contributed by atoms with E-state index < -0.39 is 0 Å². The van der Waals surface area contributed by atoms with Crippen LogP contribution in [-0.4, -0.2) is 23.6 Å². The lowest BCUT2D eigenvalue weighted by Gasteiger charge is -2.33. The van der Waals surface area contributed by atoms with E-state index in [0.29, 0.717) is 0 Å². The molecule has 2 aliphatic rings. The molecule has 1 aliphatic heterocycles. The molecular weight excluding hydrogens is 703 g/mol. The van der Waals surface area contributed by atoms with E-state index in [4.69, 9.17) is 9.98 Å². The van der Waals surface area contributed by atoms with E-state index in [0.717, 1.165) is 28.4 Å². The smallest absolute Gasteiger partial charge is 0.159 e. The van der Waals surface area contributed by atoms with Crippen LogP contribution in [-0.2, 0) is 5.41 Å². The third kappa shape index (κ3) is 5.49. The van der Waals surface area contributed by atoms with Crippen molar-refractivity contribution in [2.75, 3.05) is 7.05 Å².